The zero-order chi connectivity index (χ0) is 14.7. The van der Waals surface area contributed by atoms with Gasteiger partial charge in [0.25, 0.3) is 0 Å². The summed E-state index contributed by atoms with van der Waals surface area (Å²) in [6.07, 6.45) is 3.74. The molecule has 0 aliphatic rings. The molecule has 0 bridgehead atoms. The minimum absolute atomic E-state index is 0.0504. The van der Waals surface area contributed by atoms with E-state index in [0.29, 0.717) is 6.54 Å². The second-order valence-corrected chi connectivity index (χ2v) is 5.76. The number of amides is 1. The van der Waals surface area contributed by atoms with Crippen LogP contribution in [0.15, 0.2) is 54.2 Å². The predicted octanol–water partition coefficient (Wildman–Crippen LogP) is 3.56. The fourth-order valence-electron chi connectivity index (χ4n) is 2.13. The van der Waals surface area contributed by atoms with Gasteiger partial charge < -0.3 is 9.88 Å². The Balaban J connectivity index is 1.81. The molecule has 21 heavy (non-hydrogen) atoms. The zero-order valence-electron chi connectivity index (χ0n) is 11.6. The highest BCUT2D eigenvalue weighted by atomic mass is 32.1. The van der Waals surface area contributed by atoms with Gasteiger partial charge >= 0.3 is 0 Å². The minimum atomic E-state index is -0.0504. The molecule has 4 nitrogen and oxygen atoms in total. The van der Waals surface area contributed by atoms with Crippen molar-refractivity contribution in [3.05, 3.63) is 59.2 Å². The van der Waals surface area contributed by atoms with Gasteiger partial charge in [0.2, 0.25) is 5.91 Å². The van der Waals surface area contributed by atoms with Gasteiger partial charge in [0.05, 0.1) is 16.4 Å². The van der Waals surface area contributed by atoms with Gasteiger partial charge in [-0.15, -0.1) is 11.3 Å². The third kappa shape index (κ3) is 3.20. The molecule has 1 aromatic carbocycles. The predicted molar refractivity (Wildman–Crippen MR) is 85.3 cm³/mol. The van der Waals surface area contributed by atoms with Crippen molar-refractivity contribution in [2.75, 3.05) is 5.32 Å². The summed E-state index contributed by atoms with van der Waals surface area (Å²) < 4.78 is 1.84. The number of carbonyl (C=O) groups excluding carboxylic acids is 1. The molecule has 0 aliphatic heterocycles. The second-order valence-electron chi connectivity index (χ2n) is 4.70. The highest BCUT2D eigenvalue weighted by Gasteiger charge is 2.10. The van der Waals surface area contributed by atoms with Crippen LogP contribution in [0.5, 0.6) is 0 Å². The lowest BCUT2D eigenvalue weighted by Gasteiger charge is -2.10. The van der Waals surface area contributed by atoms with Crippen molar-refractivity contribution in [3.8, 4) is 11.3 Å². The lowest BCUT2D eigenvalue weighted by Crippen LogP contribution is -2.18. The molecule has 0 radical (unpaired) electrons. The number of benzene rings is 1. The Labute approximate surface area is 127 Å². The number of aryl methyl sites for hydroxylation is 1. The van der Waals surface area contributed by atoms with E-state index in [4.69, 9.17) is 0 Å². The average Bonchev–Trinajstić information content (AvgIpc) is 3.11. The van der Waals surface area contributed by atoms with Gasteiger partial charge in [0, 0.05) is 23.3 Å². The quantitative estimate of drug-likeness (QED) is 0.800. The largest absolute Gasteiger partial charge is 0.345 e. The number of aromatic nitrogens is 2. The molecule has 5 heteroatoms. The van der Waals surface area contributed by atoms with Crippen LogP contribution < -0.4 is 5.32 Å². The van der Waals surface area contributed by atoms with Crippen molar-refractivity contribution in [1.29, 1.82) is 0 Å². The monoisotopic (exact) mass is 297 g/mol. The van der Waals surface area contributed by atoms with E-state index in [1.54, 1.807) is 11.3 Å². The number of hydrogen-bond donors (Lipinski definition) is 1. The number of nitrogens with one attached hydrogen (secondary N) is 1. The van der Waals surface area contributed by atoms with Crippen LogP contribution in [0.25, 0.3) is 11.3 Å². The van der Waals surface area contributed by atoms with Gasteiger partial charge in [-0.05, 0) is 25.1 Å². The van der Waals surface area contributed by atoms with Crippen molar-refractivity contribution in [3.63, 3.8) is 0 Å². The Bertz CT molecular complexity index is 746. The molecule has 1 N–H and O–H groups in total. The summed E-state index contributed by atoms with van der Waals surface area (Å²) in [6.45, 7) is 2.28. The van der Waals surface area contributed by atoms with Crippen LogP contribution in [0.2, 0.25) is 0 Å². The first-order chi connectivity index (χ1) is 10.2. The SMILES string of the molecule is Cc1nc(-c2ccccc2NC(=O)Cn2cccc2)cs1. The highest BCUT2D eigenvalue weighted by molar-refractivity contribution is 7.09. The van der Waals surface area contributed by atoms with Gasteiger partial charge in [-0.1, -0.05) is 18.2 Å². The van der Waals surface area contributed by atoms with Crippen LogP contribution in [0.4, 0.5) is 5.69 Å². The fraction of sp³-hybridized carbons (Fsp3) is 0.125. The van der Waals surface area contributed by atoms with Crippen molar-refractivity contribution in [2.24, 2.45) is 0 Å². The molecule has 3 rings (SSSR count). The standard InChI is InChI=1S/C16H15N3OS/c1-12-17-15(11-21-12)13-6-2-3-7-14(13)18-16(20)10-19-8-4-5-9-19/h2-9,11H,10H2,1H3,(H,18,20). The lowest BCUT2D eigenvalue weighted by molar-refractivity contribution is -0.116. The summed E-state index contributed by atoms with van der Waals surface area (Å²) in [7, 11) is 0. The smallest absolute Gasteiger partial charge is 0.244 e. The molecule has 0 fully saturated rings. The van der Waals surface area contributed by atoms with Gasteiger partial charge in [0.1, 0.15) is 6.54 Å². The van der Waals surface area contributed by atoms with Gasteiger partial charge in [0.15, 0.2) is 0 Å². The number of nitrogens with zero attached hydrogens (tertiary/aromatic N) is 2. The Morgan fingerprint density at radius 2 is 2.00 bits per heavy atom. The van der Waals surface area contributed by atoms with E-state index in [-0.39, 0.29) is 5.91 Å². The van der Waals surface area contributed by atoms with Crippen molar-refractivity contribution in [2.45, 2.75) is 13.5 Å². The van der Waals surface area contributed by atoms with E-state index in [9.17, 15) is 4.79 Å². The van der Waals surface area contributed by atoms with Gasteiger partial charge in [-0.3, -0.25) is 4.79 Å². The molecule has 0 saturated carbocycles. The van der Waals surface area contributed by atoms with E-state index < -0.39 is 0 Å². The Hall–Kier alpha value is -2.40. The molecule has 1 amide bonds. The molecular formula is C16H15N3OS. The number of thiazole rings is 1. The van der Waals surface area contributed by atoms with E-state index in [0.717, 1.165) is 22.0 Å². The lowest BCUT2D eigenvalue weighted by atomic mass is 10.1. The number of carbonyl (C=O) groups is 1. The molecule has 3 aromatic rings. The summed E-state index contributed by atoms with van der Waals surface area (Å²) in [5.41, 5.74) is 2.64. The first kappa shape index (κ1) is 13.6. The topological polar surface area (TPSA) is 46.9 Å². The molecule has 0 aliphatic carbocycles. The molecule has 2 aromatic heterocycles. The third-order valence-electron chi connectivity index (χ3n) is 3.09. The first-order valence-electron chi connectivity index (χ1n) is 6.64. The van der Waals surface area contributed by atoms with Crippen LogP contribution in [0, 0.1) is 6.92 Å². The van der Waals surface area contributed by atoms with Gasteiger partial charge in [-0.2, -0.15) is 0 Å². The molecular weight excluding hydrogens is 282 g/mol. The molecule has 0 unspecified atom stereocenters. The van der Waals surface area contributed by atoms with Crippen LogP contribution in [-0.2, 0) is 11.3 Å². The summed E-state index contributed by atoms with van der Waals surface area (Å²) in [5, 5.41) is 5.98. The van der Waals surface area contributed by atoms with E-state index in [2.05, 4.69) is 10.3 Å². The summed E-state index contributed by atoms with van der Waals surface area (Å²) in [5.74, 6) is -0.0504. The van der Waals surface area contributed by atoms with E-state index in [1.165, 1.54) is 0 Å². The Morgan fingerprint density at radius 3 is 2.71 bits per heavy atom. The van der Waals surface area contributed by atoms with E-state index in [1.807, 2.05) is 65.7 Å². The minimum Gasteiger partial charge on any atom is -0.345 e. The molecule has 106 valence electrons. The van der Waals surface area contributed by atoms with E-state index >= 15 is 0 Å². The van der Waals surface area contributed by atoms with Crippen LogP contribution in [0.1, 0.15) is 5.01 Å². The maximum Gasteiger partial charge on any atom is 0.244 e. The third-order valence-corrected chi connectivity index (χ3v) is 3.86. The Kier molecular flexibility index (Phi) is 3.83. The zero-order valence-corrected chi connectivity index (χ0v) is 12.4. The number of anilines is 1. The molecule has 0 saturated heterocycles. The maximum absolute atomic E-state index is 12.1. The highest BCUT2D eigenvalue weighted by Crippen LogP contribution is 2.28. The summed E-state index contributed by atoms with van der Waals surface area (Å²) in [4.78, 5) is 16.6. The van der Waals surface area contributed by atoms with Crippen LogP contribution in [-0.4, -0.2) is 15.5 Å². The summed E-state index contributed by atoms with van der Waals surface area (Å²) >= 11 is 1.60. The number of rotatable bonds is 4. The number of hydrogen-bond acceptors (Lipinski definition) is 3. The molecule has 0 spiro atoms. The van der Waals surface area contributed by atoms with Crippen molar-refractivity contribution >= 4 is 22.9 Å². The fourth-order valence-corrected chi connectivity index (χ4v) is 2.75. The Morgan fingerprint density at radius 1 is 1.24 bits per heavy atom. The first-order valence-corrected chi connectivity index (χ1v) is 7.52. The number of para-hydroxylation sites is 1. The average molecular weight is 297 g/mol. The van der Waals surface area contributed by atoms with Gasteiger partial charge in [-0.25, -0.2) is 4.98 Å². The van der Waals surface area contributed by atoms with Crippen LogP contribution >= 0.6 is 11.3 Å². The van der Waals surface area contributed by atoms with Crippen molar-refractivity contribution in [1.82, 2.24) is 9.55 Å². The van der Waals surface area contributed by atoms with Crippen LogP contribution in [0.3, 0.4) is 0 Å². The second kappa shape index (κ2) is 5.93. The maximum atomic E-state index is 12.1. The molecule has 2 heterocycles. The summed E-state index contributed by atoms with van der Waals surface area (Å²) in [6, 6.07) is 11.5. The normalized spacial score (nSPS) is 10.5. The molecule has 0 atom stereocenters. The van der Waals surface area contributed by atoms with Crippen molar-refractivity contribution < 1.29 is 4.79 Å².